The number of amides is 1. The van der Waals surface area contributed by atoms with Crippen LogP contribution in [0.2, 0.25) is 0 Å². The Morgan fingerprint density at radius 1 is 1.16 bits per heavy atom. The van der Waals surface area contributed by atoms with Crippen LogP contribution in [0.1, 0.15) is 46.2 Å². The van der Waals surface area contributed by atoms with Gasteiger partial charge in [0.15, 0.2) is 5.69 Å². The Morgan fingerprint density at radius 2 is 2.06 bits per heavy atom. The van der Waals surface area contributed by atoms with Crippen molar-refractivity contribution in [3.63, 3.8) is 0 Å². The first kappa shape index (κ1) is 20.2. The molecule has 4 heterocycles. The van der Waals surface area contributed by atoms with E-state index in [9.17, 15) is 4.79 Å². The van der Waals surface area contributed by atoms with E-state index in [0.717, 1.165) is 58.7 Å². The van der Waals surface area contributed by atoms with Crippen LogP contribution in [0.3, 0.4) is 0 Å². The number of likely N-dealkylation sites (tertiary alicyclic amines) is 1. The largest absolute Gasteiger partial charge is 0.340 e. The number of piperidine rings is 1. The van der Waals surface area contributed by atoms with Crippen LogP contribution in [0.4, 0.5) is 11.5 Å². The molecule has 162 valence electrons. The molecule has 7 nitrogen and oxygen atoms in total. The van der Waals surface area contributed by atoms with Crippen molar-refractivity contribution in [2.24, 2.45) is 0 Å². The zero-order valence-corrected chi connectivity index (χ0v) is 18.3. The molecule has 0 aliphatic carbocycles. The first-order valence-corrected chi connectivity index (χ1v) is 11.0. The summed E-state index contributed by atoms with van der Waals surface area (Å²) in [7, 11) is 0. The van der Waals surface area contributed by atoms with Crippen LogP contribution in [0.15, 0.2) is 54.7 Å². The predicted molar refractivity (Wildman–Crippen MR) is 125 cm³/mol. The second-order valence-corrected chi connectivity index (χ2v) is 8.47. The topological polar surface area (TPSA) is 86.8 Å². The van der Waals surface area contributed by atoms with Crippen molar-refractivity contribution in [2.75, 3.05) is 18.4 Å². The molecule has 0 saturated carbocycles. The second-order valence-electron chi connectivity index (χ2n) is 8.47. The van der Waals surface area contributed by atoms with Gasteiger partial charge in [0.25, 0.3) is 5.91 Å². The fourth-order valence-corrected chi connectivity index (χ4v) is 4.40. The van der Waals surface area contributed by atoms with Crippen LogP contribution in [0, 0.1) is 13.8 Å². The SMILES string of the molecule is Cc1ccc2[nH]nc(C(=O)N3CCC[C@H](c4cc(Nc5ccccn5)cc(C)n4)C3)c2c1. The van der Waals surface area contributed by atoms with Gasteiger partial charge in [0.1, 0.15) is 5.82 Å². The third-order valence-corrected chi connectivity index (χ3v) is 5.96. The highest BCUT2D eigenvalue weighted by Crippen LogP contribution is 2.30. The molecule has 0 spiro atoms. The fourth-order valence-electron chi connectivity index (χ4n) is 4.40. The number of carbonyl (C=O) groups excluding carboxylic acids is 1. The van der Waals surface area contributed by atoms with Crippen molar-refractivity contribution >= 4 is 28.3 Å². The van der Waals surface area contributed by atoms with Gasteiger partial charge in [0.05, 0.1) is 5.52 Å². The maximum atomic E-state index is 13.3. The molecule has 0 radical (unpaired) electrons. The quantitative estimate of drug-likeness (QED) is 0.492. The molecule has 1 aliphatic rings. The van der Waals surface area contributed by atoms with Gasteiger partial charge in [-0.15, -0.1) is 0 Å². The Hall–Kier alpha value is -3.74. The van der Waals surface area contributed by atoms with E-state index in [1.54, 1.807) is 6.20 Å². The van der Waals surface area contributed by atoms with Crippen molar-refractivity contribution < 1.29 is 4.79 Å². The molecule has 1 atom stereocenters. The summed E-state index contributed by atoms with van der Waals surface area (Å²) in [5.74, 6) is 0.958. The molecule has 3 aromatic heterocycles. The number of fused-ring (bicyclic) bond motifs is 1. The molecule has 0 unspecified atom stereocenters. The fraction of sp³-hybridized carbons (Fsp3) is 0.280. The summed E-state index contributed by atoms with van der Waals surface area (Å²) in [4.78, 5) is 24.4. The molecule has 4 aromatic rings. The van der Waals surface area contributed by atoms with Crippen LogP contribution < -0.4 is 5.32 Å². The predicted octanol–water partition coefficient (Wildman–Crippen LogP) is 4.73. The smallest absolute Gasteiger partial charge is 0.275 e. The molecule has 7 heteroatoms. The minimum absolute atomic E-state index is 0.0222. The number of hydrogen-bond acceptors (Lipinski definition) is 5. The molecular weight excluding hydrogens is 400 g/mol. The normalized spacial score (nSPS) is 16.3. The number of aromatic nitrogens is 4. The number of benzene rings is 1. The zero-order chi connectivity index (χ0) is 22.1. The summed E-state index contributed by atoms with van der Waals surface area (Å²) < 4.78 is 0. The first-order chi connectivity index (χ1) is 15.6. The van der Waals surface area contributed by atoms with E-state index in [-0.39, 0.29) is 11.8 Å². The number of nitrogens with one attached hydrogen (secondary N) is 2. The first-order valence-electron chi connectivity index (χ1n) is 11.0. The number of nitrogens with zero attached hydrogens (tertiary/aromatic N) is 4. The number of H-pyrrole nitrogens is 1. The van der Waals surface area contributed by atoms with Gasteiger partial charge in [0.2, 0.25) is 0 Å². The third-order valence-electron chi connectivity index (χ3n) is 5.96. The van der Waals surface area contributed by atoms with Gasteiger partial charge in [0, 0.05) is 47.7 Å². The number of carbonyl (C=O) groups is 1. The minimum Gasteiger partial charge on any atom is -0.340 e. The number of anilines is 2. The molecule has 32 heavy (non-hydrogen) atoms. The van der Waals surface area contributed by atoms with Crippen LogP contribution >= 0.6 is 0 Å². The Bertz CT molecular complexity index is 1270. The van der Waals surface area contributed by atoms with Gasteiger partial charge < -0.3 is 10.2 Å². The maximum absolute atomic E-state index is 13.3. The second kappa shape index (κ2) is 8.42. The van der Waals surface area contributed by atoms with Crippen molar-refractivity contribution in [1.29, 1.82) is 0 Å². The average Bonchev–Trinajstić information content (AvgIpc) is 3.22. The van der Waals surface area contributed by atoms with Crippen LogP contribution in [-0.2, 0) is 0 Å². The lowest BCUT2D eigenvalue weighted by Gasteiger charge is -2.32. The summed E-state index contributed by atoms with van der Waals surface area (Å²) >= 11 is 0. The van der Waals surface area contributed by atoms with Gasteiger partial charge in [-0.05, 0) is 63.1 Å². The van der Waals surface area contributed by atoms with E-state index >= 15 is 0 Å². The van der Waals surface area contributed by atoms with E-state index in [1.807, 2.05) is 61.2 Å². The minimum atomic E-state index is -0.0222. The zero-order valence-electron chi connectivity index (χ0n) is 18.3. The van der Waals surface area contributed by atoms with Crippen molar-refractivity contribution in [2.45, 2.75) is 32.6 Å². The summed E-state index contributed by atoms with van der Waals surface area (Å²) in [6.45, 7) is 5.40. The summed E-state index contributed by atoms with van der Waals surface area (Å²) in [6, 6.07) is 15.9. The Morgan fingerprint density at radius 3 is 2.91 bits per heavy atom. The maximum Gasteiger partial charge on any atom is 0.275 e. The molecule has 1 fully saturated rings. The monoisotopic (exact) mass is 426 g/mol. The molecule has 0 bridgehead atoms. The van der Waals surface area contributed by atoms with Crippen LogP contribution in [0.25, 0.3) is 10.9 Å². The summed E-state index contributed by atoms with van der Waals surface area (Å²) in [5.41, 5.74) is 5.41. The van der Waals surface area contributed by atoms with Crippen LogP contribution in [0.5, 0.6) is 0 Å². The van der Waals surface area contributed by atoms with Gasteiger partial charge in [-0.25, -0.2) is 4.98 Å². The third kappa shape index (κ3) is 4.06. The standard InChI is InChI=1S/C25H26N6O/c1-16-8-9-21-20(12-16)24(30-29-21)25(32)31-11-5-6-18(15-31)22-14-19(13-17(2)27-22)28-23-7-3-4-10-26-23/h3-4,7-10,12-14,18H,5-6,11,15H2,1-2H3,(H,29,30)(H,26,27,28)/t18-/m0/s1. The lowest BCUT2D eigenvalue weighted by molar-refractivity contribution is 0.0702. The summed E-state index contributed by atoms with van der Waals surface area (Å²) in [5, 5.41) is 11.6. The lowest BCUT2D eigenvalue weighted by Crippen LogP contribution is -2.39. The van der Waals surface area contributed by atoms with Gasteiger partial charge in [-0.1, -0.05) is 17.7 Å². The highest BCUT2D eigenvalue weighted by molar-refractivity contribution is 6.04. The molecule has 1 aliphatic heterocycles. The Balaban J connectivity index is 1.38. The lowest BCUT2D eigenvalue weighted by atomic mass is 9.93. The van der Waals surface area contributed by atoms with E-state index in [4.69, 9.17) is 4.98 Å². The molecule has 1 aromatic carbocycles. The molecule has 1 amide bonds. The van der Waals surface area contributed by atoms with Gasteiger partial charge in [-0.3, -0.25) is 14.9 Å². The van der Waals surface area contributed by atoms with Gasteiger partial charge in [-0.2, -0.15) is 5.10 Å². The molecule has 5 rings (SSSR count). The molecular formula is C25H26N6O. The molecule has 1 saturated heterocycles. The number of rotatable bonds is 4. The van der Waals surface area contributed by atoms with Crippen molar-refractivity contribution in [1.82, 2.24) is 25.1 Å². The van der Waals surface area contributed by atoms with E-state index in [2.05, 4.69) is 26.6 Å². The highest BCUT2D eigenvalue weighted by Gasteiger charge is 2.28. The van der Waals surface area contributed by atoms with Gasteiger partial charge >= 0.3 is 0 Å². The van der Waals surface area contributed by atoms with E-state index in [1.165, 1.54) is 0 Å². The number of aryl methyl sites for hydroxylation is 2. The number of pyridine rings is 2. The summed E-state index contributed by atoms with van der Waals surface area (Å²) in [6.07, 6.45) is 3.71. The van der Waals surface area contributed by atoms with Crippen LogP contribution in [-0.4, -0.2) is 44.1 Å². The average molecular weight is 427 g/mol. The molecule has 2 N–H and O–H groups in total. The Kier molecular flexibility index (Phi) is 5.31. The highest BCUT2D eigenvalue weighted by atomic mass is 16.2. The van der Waals surface area contributed by atoms with Crippen molar-refractivity contribution in [3.05, 3.63) is 77.4 Å². The van der Waals surface area contributed by atoms with Crippen molar-refractivity contribution in [3.8, 4) is 0 Å². The number of aromatic amines is 1. The van der Waals surface area contributed by atoms with E-state index in [0.29, 0.717) is 12.2 Å². The number of hydrogen-bond donors (Lipinski definition) is 2. The van der Waals surface area contributed by atoms with E-state index < -0.39 is 0 Å². The Labute approximate surface area is 186 Å².